The zero-order chi connectivity index (χ0) is 16.7. The smallest absolute Gasteiger partial charge is 0.416 e. The van der Waals surface area contributed by atoms with Crippen LogP contribution in [0.15, 0.2) is 53.2 Å². The van der Waals surface area contributed by atoms with Gasteiger partial charge in [0, 0.05) is 23.3 Å². The van der Waals surface area contributed by atoms with Gasteiger partial charge in [-0.3, -0.25) is 0 Å². The second kappa shape index (κ2) is 5.19. The summed E-state index contributed by atoms with van der Waals surface area (Å²) in [4.78, 5) is 7.14. The van der Waals surface area contributed by atoms with E-state index in [9.17, 15) is 13.2 Å². The normalized spacial score (nSPS) is 12.0. The number of alkyl halides is 3. The second-order valence-corrected chi connectivity index (χ2v) is 5.09. The molecule has 3 aromatic heterocycles. The van der Waals surface area contributed by atoms with Crippen molar-refractivity contribution in [3.05, 3.63) is 54.4 Å². The third-order valence-electron chi connectivity index (χ3n) is 3.54. The third kappa shape index (κ3) is 2.41. The molecule has 0 aliphatic carbocycles. The first kappa shape index (κ1) is 14.4. The molecule has 0 saturated heterocycles. The molecule has 1 N–H and O–H groups in total. The highest BCUT2D eigenvalue weighted by Crippen LogP contribution is 2.33. The minimum atomic E-state index is -4.43. The summed E-state index contributed by atoms with van der Waals surface area (Å²) < 4.78 is 44.0. The number of aromatic nitrogens is 4. The molecular formula is C16H9F3N4O. The number of fused-ring (bicyclic) bond motifs is 1. The highest BCUT2D eigenvalue weighted by Gasteiger charge is 2.30. The zero-order valence-electron chi connectivity index (χ0n) is 12.0. The molecule has 0 atom stereocenters. The van der Waals surface area contributed by atoms with Gasteiger partial charge in [0.2, 0.25) is 11.8 Å². The molecule has 4 rings (SSSR count). The Kier molecular flexibility index (Phi) is 3.12. The average Bonchev–Trinajstić information content (AvgIpc) is 3.21. The van der Waals surface area contributed by atoms with Gasteiger partial charge in [0.25, 0.3) is 0 Å². The maximum atomic E-state index is 12.8. The number of nitrogens with zero attached hydrogens (tertiary/aromatic N) is 3. The van der Waals surface area contributed by atoms with Crippen LogP contribution in [0, 0.1) is 0 Å². The summed E-state index contributed by atoms with van der Waals surface area (Å²) in [6.07, 6.45) is -1.12. The molecule has 24 heavy (non-hydrogen) atoms. The molecule has 0 bridgehead atoms. The molecule has 0 aliphatic heterocycles. The molecule has 120 valence electrons. The van der Waals surface area contributed by atoms with E-state index in [2.05, 4.69) is 20.2 Å². The van der Waals surface area contributed by atoms with Crippen molar-refractivity contribution >= 4 is 11.0 Å². The third-order valence-corrected chi connectivity index (χ3v) is 3.54. The van der Waals surface area contributed by atoms with Crippen LogP contribution in [-0.4, -0.2) is 20.2 Å². The summed E-state index contributed by atoms with van der Waals surface area (Å²) in [5.41, 5.74) is 0.743. The maximum absolute atomic E-state index is 12.8. The van der Waals surface area contributed by atoms with Gasteiger partial charge in [-0.15, -0.1) is 10.2 Å². The molecule has 0 amide bonds. The van der Waals surface area contributed by atoms with Gasteiger partial charge in [-0.25, -0.2) is 4.98 Å². The Morgan fingerprint density at radius 3 is 2.67 bits per heavy atom. The predicted octanol–water partition coefficient (Wildman–Crippen LogP) is 4.30. The first-order valence-electron chi connectivity index (χ1n) is 6.96. The maximum Gasteiger partial charge on any atom is 0.416 e. The zero-order valence-corrected chi connectivity index (χ0v) is 12.0. The Labute approximate surface area is 133 Å². The number of rotatable bonds is 2. The largest absolute Gasteiger partial charge is 0.416 e. The van der Waals surface area contributed by atoms with Gasteiger partial charge in [0.1, 0.15) is 5.65 Å². The van der Waals surface area contributed by atoms with E-state index in [0.29, 0.717) is 11.2 Å². The number of nitrogens with one attached hydrogen (secondary N) is 1. The SMILES string of the molecule is FC(F)(F)c1cccc(-c2nnc(-c3c[nH]c4ncccc34)o2)c1. The summed E-state index contributed by atoms with van der Waals surface area (Å²) in [5.74, 6) is 0.232. The van der Waals surface area contributed by atoms with E-state index in [1.807, 2.05) is 6.07 Å². The van der Waals surface area contributed by atoms with Crippen LogP contribution < -0.4 is 0 Å². The van der Waals surface area contributed by atoms with Crippen molar-refractivity contribution in [2.24, 2.45) is 0 Å². The van der Waals surface area contributed by atoms with Crippen LogP contribution in [0.1, 0.15) is 5.56 Å². The van der Waals surface area contributed by atoms with Crippen molar-refractivity contribution in [1.82, 2.24) is 20.2 Å². The molecule has 8 heteroatoms. The fraction of sp³-hybridized carbons (Fsp3) is 0.0625. The van der Waals surface area contributed by atoms with Gasteiger partial charge in [-0.1, -0.05) is 6.07 Å². The summed E-state index contributed by atoms with van der Waals surface area (Å²) >= 11 is 0. The molecule has 0 radical (unpaired) electrons. The lowest BCUT2D eigenvalue weighted by atomic mass is 10.1. The lowest BCUT2D eigenvalue weighted by molar-refractivity contribution is -0.137. The topological polar surface area (TPSA) is 67.6 Å². The van der Waals surface area contributed by atoms with Gasteiger partial charge in [-0.2, -0.15) is 13.2 Å². The van der Waals surface area contributed by atoms with Crippen LogP contribution in [0.3, 0.4) is 0 Å². The first-order chi connectivity index (χ1) is 11.5. The van der Waals surface area contributed by atoms with Gasteiger partial charge < -0.3 is 9.40 Å². The first-order valence-corrected chi connectivity index (χ1v) is 6.96. The molecule has 1 aromatic carbocycles. The van der Waals surface area contributed by atoms with Gasteiger partial charge in [0.15, 0.2) is 0 Å². The van der Waals surface area contributed by atoms with E-state index >= 15 is 0 Å². The number of pyridine rings is 1. The van der Waals surface area contributed by atoms with E-state index in [-0.39, 0.29) is 17.3 Å². The predicted molar refractivity (Wildman–Crippen MR) is 79.8 cm³/mol. The summed E-state index contributed by atoms with van der Waals surface area (Å²) in [7, 11) is 0. The number of halogens is 3. The van der Waals surface area contributed by atoms with Crippen LogP contribution in [0.25, 0.3) is 33.9 Å². The number of hydrogen-bond donors (Lipinski definition) is 1. The molecule has 0 unspecified atom stereocenters. The van der Waals surface area contributed by atoms with E-state index in [1.165, 1.54) is 12.1 Å². The van der Waals surface area contributed by atoms with Crippen molar-refractivity contribution in [2.45, 2.75) is 6.18 Å². The summed E-state index contributed by atoms with van der Waals surface area (Å²) in [6, 6.07) is 8.37. The number of hydrogen-bond acceptors (Lipinski definition) is 4. The van der Waals surface area contributed by atoms with Gasteiger partial charge in [0.05, 0.1) is 11.1 Å². The van der Waals surface area contributed by atoms with Crippen LogP contribution >= 0.6 is 0 Å². The fourth-order valence-electron chi connectivity index (χ4n) is 2.41. The Bertz CT molecular complexity index is 1020. The van der Waals surface area contributed by atoms with Crippen LogP contribution in [0.2, 0.25) is 0 Å². The standard InChI is InChI=1S/C16H9F3N4O/c17-16(18,19)10-4-1-3-9(7-10)14-22-23-15(24-14)12-8-21-13-11(12)5-2-6-20-13/h1-8H,(H,20,21). The molecule has 0 spiro atoms. The van der Waals surface area contributed by atoms with Crippen molar-refractivity contribution in [1.29, 1.82) is 0 Å². The lowest BCUT2D eigenvalue weighted by Gasteiger charge is -2.06. The van der Waals surface area contributed by atoms with E-state index in [0.717, 1.165) is 17.5 Å². The minimum absolute atomic E-state index is 0.0225. The molecular weight excluding hydrogens is 321 g/mol. The van der Waals surface area contributed by atoms with Crippen LogP contribution in [-0.2, 0) is 6.18 Å². The Morgan fingerprint density at radius 1 is 1.00 bits per heavy atom. The van der Waals surface area contributed by atoms with Crippen LogP contribution in [0.4, 0.5) is 13.2 Å². The quantitative estimate of drug-likeness (QED) is 0.595. The van der Waals surface area contributed by atoms with Crippen molar-refractivity contribution < 1.29 is 17.6 Å². The number of H-pyrrole nitrogens is 1. The van der Waals surface area contributed by atoms with E-state index in [1.54, 1.807) is 18.5 Å². The van der Waals surface area contributed by atoms with Crippen molar-refractivity contribution in [3.8, 4) is 22.9 Å². The molecule has 3 heterocycles. The highest BCUT2D eigenvalue weighted by molar-refractivity contribution is 5.91. The van der Waals surface area contributed by atoms with Gasteiger partial charge in [-0.05, 0) is 30.3 Å². The number of benzene rings is 1. The lowest BCUT2D eigenvalue weighted by Crippen LogP contribution is -2.04. The Morgan fingerprint density at radius 2 is 1.83 bits per heavy atom. The summed E-state index contributed by atoms with van der Waals surface area (Å²) in [6.45, 7) is 0. The molecule has 0 aliphatic rings. The van der Waals surface area contributed by atoms with Gasteiger partial charge >= 0.3 is 6.18 Å². The van der Waals surface area contributed by atoms with E-state index < -0.39 is 11.7 Å². The Hall–Kier alpha value is -3.16. The monoisotopic (exact) mass is 330 g/mol. The van der Waals surface area contributed by atoms with E-state index in [4.69, 9.17) is 4.42 Å². The molecule has 4 aromatic rings. The Balaban J connectivity index is 1.76. The molecule has 0 saturated carbocycles. The average molecular weight is 330 g/mol. The molecule has 0 fully saturated rings. The van der Waals surface area contributed by atoms with Crippen LogP contribution in [0.5, 0.6) is 0 Å². The summed E-state index contributed by atoms with van der Waals surface area (Å²) in [5, 5.41) is 8.57. The number of aromatic amines is 1. The van der Waals surface area contributed by atoms with Crippen molar-refractivity contribution in [2.75, 3.05) is 0 Å². The molecule has 5 nitrogen and oxygen atoms in total. The fourth-order valence-corrected chi connectivity index (χ4v) is 2.41. The van der Waals surface area contributed by atoms with Crippen molar-refractivity contribution in [3.63, 3.8) is 0 Å². The minimum Gasteiger partial charge on any atom is -0.416 e. The second-order valence-electron chi connectivity index (χ2n) is 5.09. The highest BCUT2D eigenvalue weighted by atomic mass is 19.4.